The molecule has 1 aromatic carbocycles. The van der Waals surface area contributed by atoms with Gasteiger partial charge in [0.25, 0.3) is 0 Å². The zero-order valence-corrected chi connectivity index (χ0v) is 17.8. The summed E-state index contributed by atoms with van der Waals surface area (Å²) in [7, 11) is 3.22. The van der Waals surface area contributed by atoms with Gasteiger partial charge in [-0.3, -0.25) is 4.90 Å². The molecule has 2 aromatic rings. The number of rotatable bonds is 11. The van der Waals surface area contributed by atoms with E-state index >= 15 is 0 Å². The first-order valence-electron chi connectivity index (χ1n) is 8.49. The van der Waals surface area contributed by atoms with Crippen molar-refractivity contribution in [3.8, 4) is 11.5 Å². The zero-order chi connectivity index (χ0) is 18.9. The summed E-state index contributed by atoms with van der Waals surface area (Å²) in [6.07, 6.45) is -0.529. The molecule has 144 valence electrons. The van der Waals surface area contributed by atoms with Crippen LogP contribution in [0.4, 0.5) is 0 Å². The first kappa shape index (κ1) is 21.2. The molecule has 1 unspecified atom stereocenters. The number of hydrogen-bond donors (Lipinski definition) is 1. The predicted molar refractivity (Wildman–Crippen MR) is 108 cm³/mol. The van der Waals surface area contributed by atoms with Crippen molar-refractivity contribution < 1.29 is 19.3 Å². The normalized spacial score (nSPS) is 12.4. The van der Waals surface area contributed by atoms with Crippen LogP contribution in [0.25, 0.3) is 0 Å². The van der Waals surface area contributed by atoms with Gasteiger partial charge in [-0.2, -0.15) is 0 Å². The maximum atomic E-state index is 10.3. The maximum absolute atomic E-state index is 10.3. The fraction of sp³-hybridized carbons (Fsp3) is 0.474. The van der Waals surface area contributed by atoms with Gasteiger partial charge in [-0.05, 0) is 52.3 Å². The Labute approximate surface area is 167 Å². The second-order valence-corrected chi connectivity index (χ2v) is 8.44. The van der Waals surface area contributed by atoms with Gasteiger partial charge < -0.3 is 19.3 Å². The molecule has 0 radical (unpaired) electrons. The minimum atomic E-state index is -0.529. The summed E-state index contributed by atoms with van der Waals surface area (Å²) in [6.45, 7) is 5.10. The quantitative estimate of drug-likeness (QED) is 0.569. The molecule has 0 saturated carbocycles. The molecule has 26 heavy (non-hydrogen) atoms. The van der Waals surface area contributed by atoms with Crippen LogP contribution >= 0.6 is 27.3 Å². The van der Waals surface area contributed by atoms with E-state index in [2.05, 4.69) is 39.9 Å². The van der Waals surface area contributed by atoms with Crippen molar-refractivity contribution in [1.82, 2.24) is 4.90 Å². The monoisotopic (exact) mass is 443 g/mol. The van der Waals surface area contributed by atoms with Crippen molar-refractivity contribution in [2.75, 3.05) is 33.9 Å². The molecular formula is C19H26BrNO4S. The van der Waals surface area contributed by atoms with Gasteiger partial charge in [-0.25, -0.2) is 0 Å². The second-order valence-electron chi connectivity index (χ2n) is 5.89. The van der Waals surface area contributed by atoms with Crippen LogP contribution in [0.2, 0.25) is 0 Å². The SMILES string of the molecule is CCN(Cc1ccc(Br)s1)CC(O)COCc1ccc(OC)c(OC)c1. The Balaban J connectivity index is 1.77. The molecular weight excluding hydrogens is 418 g/mol. The van der Waals surface area contributed by atoms with E-state index < -0.39 is 6.10 Å². The van der Waals surface area contributed by atoms with E-state index in [1.54, 1.807) is 25.6 Å². The van der Waals surface area contributed by atoms with E-state index in [1.807, 2.05) is 18.2 Å². The van der Waals surface area contributed by atoms with Crippen LogP contribution in [0, 0.1) is 0 Å². The smallest absolute Gasteiger partial charge is 0.161 e. The number of benzene rings is 1. The minimum Gasteiger partial charge on any atom is -0.493 e. The molecule has 0 aliphatic carbocycles. The number of aliphatic hydroxyl groups is 1. The van der Waals surface area contributed by atoms with Gasteiger partial charge in [0.15, 0.2) is 11.5 Å². The van der Waals surface area contributed by atoms with Crippen molar-refractivity contribution in [3.63, 3.8) is 0 Å². The van der Waals surface area contributed by atoms with Gasteiger partial charge in [0.2, 0.25) is 0 Å². The van der Waals surface area contributed by atoms with Gasteiger partial charge in [-0.15, -0.1) is 11.3 Å². The summed E-state index contributed by atoms with van der Waals surface area (Å²) in [6, 6.07) is 9.83. The van der Waals surface area contributed by atoms with E-state index in [0.717, 1.165) is 22.4 Å². The van der Waals surface area contributed by atoms with Crippen LogP contribution in [-0.2, 0) is 17.9 Å². The molecule has 1 heterocycles. The van der Waals surface area contributed by atoms with Crippen LogP contribution in [0.3, 0.4) is 0 Å². The number of likely N-dealkylation sites (N-methyl/N-ethyl adjacent to an activating group) is 1. The maximum Gasteiger partial charge on any atom is 0.161 e. The van der Waals surface area contributed by atoms with Gasteiger partial charge in [0, 0.05) is 18.0 Å². The van der Waals surface area contributed by atoms with Crippen molar-refractivity contribution >= 4 is 27.3 Å². The van der Waals surface area contributed by atoms with E-state index in [-0.39, 0.29) is 0 Å². The number of methoxy groups -OCH3 is 2. The Morgan fingerprint density at radius 2 is 1.92 bits per heavy atom. The average Bonchev–Trinajstić information content (AvgIpc) is 3.05. The van der Waals surface area contributed by atoms with Gasteiger partial charge in [0.1, 0.15) is 0 Å². The summed E-state index contributed by atoms with van der Waals surface area (Å²) >= 11 is 5.20. The molecule has 7 heteroatoms. The Hall–Kier alpha value is -1.12. The first-order chi connectivity index (χ1) is 12.5. The van der Waals surface area contributed by atoms with Gasteiger partial charge >= 0.3 is 0 Å². The highest BCUT2D eigenvalue weighted by Crippen LogP contribution is 2.27. The molecule has 1 atom stereocenters. The van der Waals surface area contributed by atoms with Gasteiger partial charge in [-0.1, -0.05) is 13.0 Å². The minimum absolute atomic E-state index is 0.291. The highest BCUT2D eigenvalue weighted by molar-refractivity contribution is 9.11. The summed E-state index contributed by atoms with van der Waals surface area (Å²) in [5.74, 6) is 1.36. The first-order valence-corrected chi connectivity index (χ1v) is 10.1. The summed E-state index contributed by atoms with van der Waals surface area (Å²) in [4.78, 5) is 3.49. The number of hydrogen-bond acceptors (Lipinski definition) is 6. The van der Waals surface area contributed by atoms with Crippen LogP contribution in [0.1, 0.15) is 17.4 Å². The average molecular weight is 444 g/mol. The third-order valence-electron chi connectivity index (χ3n) is 3.95. The standard InChI is InChI=1S/C19H26BrNO4S/c1-4-21(11-16-6-8-19(20)26-16)10-15(22)13-25-12-14-5-7-17(23-2)18(9-14)24-3/h5-9,15,22H,4,10-13H2,1-3H3. The van der Waals surface area contributed by atoms with E-state index in [0.29, 0.717) is 31.3 Å². The number of aliphatic hydroxyl groups excluding tert-OH is 1. The number of ether oxygens (including phenoxy) is 3. The molecule has 0 spiro atoms. The topological polar surface area (TPSA) is 51.2 Å². The molecule has 0 amide bonds. The summed E-state index contributed by atoms with van der Waals surface area (Å²) in [5, 5.41) is 10.3. The molecule has 0 fully saturated rings. The van der Waals surface area contributed by atoms with E-state index in [9.17, 15) is 5.11 Å². The van der Waals surface area contributed by atoms with Crippen LogP contribution in [-0.4, -0.2) is 50.0 Å². The van der Waals surface area contributed by atoms with E-state index in [1.165, 1.54) is 4.88 Å². The molecule has 0 aliphatic rings. The number of halogens is 1. The summed E-state index contributed by atoms with van der Waals surface area (Å²) < 4.78 is 17.3. The third kappa shape index (κ3) is 6.55. The lowest BCUT2D eigenvalue weighted by atomic mass is 10.2. The van der Waals surface area contributed by atoms with Crippen molar-refractivity contribution in [3.05, 3.63) is 44.6 Å². The van der Waals surface area contributed by atoms with Crippen LogP contribution < -0.4 is 9.47 Å². The lowest BCUT2D eigenvalue weighted by molar-refractivity contribution is 0.00950. The Bertz CT molecular complexity index is 679. The van der Waals surface area contributed by atoms with Crippen molar-refractivity contribution in [1.29, 1.82) is 0 Å². The zero-order valence-electron chi connectivity index (χ0n) is 15.4. The number of nitrogens with zero attached hydrogens (tertiary/aromatic N) is 1. The van der Waals surface area contributed by atoms with Crippen molar-refractivity contribution in [2.24, 2.45) is 0 Å². The molecule has 0 aliphatic heterocycles. The van der Waals surface area contributed by atoms with Gasteiger partial charge in [0.05, 0.1) is 37.3 Å². The second kappa shape index (κ2) is 10.9. The molecule has 0 bridgehead atoms. The number of thiophene rings is 1. The molecule has 0 saturated heterocycles. The lowest BCUT2D eigenvalue weighted by Gasteiger charge is -2.23. The van der Waals surface area contributed by atoms with E-state index in [4.69, 9.17) is 14.2 Å². The Morgan fingerprint density at radius 1 is 1.15 bits per heavy atom. The lowest BCUT2D eigenvalue weighted by Crippen LogP contribution is -2.34. The largest absolute Gasteiger partial charge is 0.493 e. The molecule has 5 nitrogen and oxygen atoms in total. The molecule has 1 aromatic heterocycles. The summed E-state index contributed by atoms with van der Waals surface area (Å²) in [5.41, 5.74) is 0.977. The highest BCUT2D eigenvalue weighted by atomic mass is 79.9. The van der Waals surface area contributed by atoms with Crippen LogP contribution in [0.15, 0.2) is 34.1 Å². The molecule has 2 rings (SSSR count). The Morgan fingerprint density at radius 3 is 2.54 bits per heavy atom. The Kier molecular flexibility index (Phi) is 8.87. The van der Waals surface area contributed by atoms with Crippen LogP contribution in [0.5, 0.6) is 11.5 Å². The fourth-order valence-corrected chi connectivity index (χ4v) is 4.12. The highest BCUT2D eigenvalue weighted by Gasteiger charge is 2.13. The molecule has 1 N–H and O–H groups in total. The fourth-order valence-electron chi connectivity index (χ4n) is 2.60. The third-order valence-corrected chi connectivity index (χ3v) is 5.56. The predicted octanol–water partition coefficient (Wildman–Crippen LogP) is 3.93. The van der Waals surface area contributed by atoms with Crippen molar-refractivity contribution in [2.45, 2.75) is 26.2 Å².